The second-order valence-corrected chi connectivity index (χ2v) is 5.35. The number of ether oxygens (including phenoxy) is 1. The van der Waals surface area contributed by atoms with E-state index in [2.05, 4.69) is 4.74 Å². The van der Waals surface area contributed by atoms with Crippen LogP contribution < -0.4 is 0 Å². The van der Waals surface area contributed by atoms with Crippen LogP contribution in [0.3, 0.4) is 0 Å². The van der Waals surface area contributed by atoms with Gasteiger partial charge < -0.3 is 4.74 Å². The number of carbonyl (C=O) groups excluding carboxylic acids is 1. The van der Waals surface area contributed by atoms with Crippen molar-refractivity contribution in [2.24, 2.45) is 0 Å². The van der Waals surface area contributed by atoms with Gasteiger partial charge in [-0.1, -0.05) is 47.5 Å². The average Bonchev–Trinajstić information content (AvgIpc) is 2.51. The van der Waals surface area contributed by atoms with E-state index in [0.29, 0.717) is 11.1 Å². The topological polar surface area (TPSA) is 69.4 Å². The summed E-state index contributed by atoms with van der Waals surface area (Å²) >= 11 is 11.7. The minimum atomic E-state index is -0.621. The molecule has 23 heavy (non-hydrogen) atoms. The van der Waals surface area contributed by atoms with E-state index >= 15 is 0 Å². The van der Waals surface area contributed by atoms with Crippen LogP contribution in [-0.4, -0.2) is 18.0 Å². The molecule has 118 valence electrons. The summed E-state index contributed by atoms with van der Waals surface area (Å²) in [6.07, 6.45) is 3.49. The van der Waals surface area contributed by atoms with Gasteiger partial charge in [0, 0.05) is 0 Å². The van der Waals surface area contributed by atoms with Crippen molar-refractivity contribution in [3.8, 4) is 0 Å². The van der Waals surface area contributed by atoms with Crippen molar-refractivity contribution in [2.75, 3.05) is 7.11 Å². The van der Waals surface area contributed by atoms with Crippen LogP contribution in [0.15, 0.2) is 36.4 Å². The SMILES string of the molecule is COC(=O)c1ccc(C=Cc2cc(Cl)c([N+](=O)[O-])c(Cl)c2)cc1. The van der Waals surface area contributed by atoms with Gasteiger partial charge in [-0.05, 0) is 35.4 Å². The van der Waals surface area contributed by atoms with Crippen molar-refractivity contribution in [2.45, 2.75) is 0 Å². The third-order valence-corrected chi connectivity index (χ3v) is 3.60. The molecule has 0 atom stereocenters. The lowest BCUT2D eigenvalue weighted by Gasteiger charge is -2.01. The number of benzene rings is 2. The molecule has 7 heteroatoms. The van der Waals surface area contributed by atoms with Crippen LogP contribution in [0.4, 0.5) is 5.69 Å². The zero-order valence-electron chi connectivity index (χ0n) is 12.0. The number of esters is 1. The van der Waals surface area contributed by atoms with Gasteiger partial charge in [0.1, 0.15) is 10.0 Å². The van der Waals surface area contributed by atoms with Crippen molar-refractivity contribution in [3.63, 3.8) is 0 Å². The maximum Gasteiger partial charge on any atom is 0.337 e. The lowest BCUT2D eigenvalue weighted by Crippen LogP contribution is -2.00. The number of hydrogen-bond acceptors (Lipinski definition) is 4. The Bertz CT molecular complexity index is 762. The Labute approximate surface area is 142 Å². The Kier molecular flexibility index (Phi) is 5.36. The largest absolute Gasteiger partial charge is 0.465 e. The number of nitro groups is 1. The highest BCUT2D eigenvalue weighted by Gasteiger charge is 2.18. The van der Waals surface area contributed by atoms with Crippen LogP contribution in [0.1, 0.15) is 21.5 Å². The van der Waals surface area contributed by atoms with Crippen molar-refractivity contribution in [1.29, 1.82) is 0 Å². The summed E-state index contributed by atoms with van der Waals surface area (Å²) in [6.45, 7) is 0. The third kappa shape index (κ3) is 4.09. The van der Waals surface area contributed by atoms with E-state index in [1.54, 1.807) is 36.4 Å². The van der Waals surface area contributed by atoms with Gasteiger partial charge in [0.05, 0.1) is 17.6 Å². The first-order valence-electron chi connectivity index (χ1n) is 6.42. The summed E-state index contributed by atoms with van der Waals surface area (Å²) in [5.74, 6) is -0.408. The van der Waals surface area contributed by atoms with Gasteiger partial charge in [0.15, 0.2) is 0 Å². The summed E-state index contributed by atoms with van der Waals surface area (Å²) in [6, 6.07) is 9.70. The van der Waals surface area contributed by atoms with Crippen LogP contribution in [0.25, 0.3) is 12.2 Å². The number of rotatable bonds is 4. The van der Waals surface area contributed by atoms with E-state index in [4.69, 9.17) is 23.2 Å². The molecule has 0 saturated heterocycles. The fourth-order valence-corrected chi connectivity index (χ4v) is 2.54. The van der Waals surface area contributed by atoms with E-state index in [0.717, 1.165) is 5.56 Å². The fourth-order valence-electron chi connectivity index (χ4n) is 1.90. The number of nitrogens with zero attached hydrogens (tertiary/aromatic N) is 1. The normalized spacial score (nSPS) is 10.7. The predicted molar refractivity (Wildman–Crippen MR) is 89.8 cm³/mol. The van der Waals surface area contributed by atoms with E-state index < -0.39 is 10.9 Å². The zero-order valence-corrected chi connectivity index (χ0v) is 13.5. The van der Waals surface area contributed by atoms with Crippen LogP contribution in [-0.2, 0) is 4.74 Å². The molecule has 0 aliphatic carbocycles. The molecule has 0 spiro atoms. The molecule has 0 aliphatic rings. The fraction of sp³-hybridized carbons (Fsp3) is 0.0625. The van der Waals surface area contributed by atoms with Crippen LogP contribution in [0.2, 0.25) is 10.0 Å². The molecule has 0 aliphatic heterocycles. The number of methoxy groups -OCH3 is 1. The lowest BCUT2D eigenvalue weighted by molar-refractivity contribution is -0.384. The lowest BCUT2D eigenvalue weighted by atomic mass is 10.1. The summed E-state index contributed by atoms with van der Waals surface area (Å²) < 4.78 is 4.62. The number of hydrogen-bond donors (Lipinski definition) is 0. The first-order valence-corrected chi connectivity index (χ1v) is 7.18. The Balaban J connectivity index is 2.23. The predicted octanol–water partition coefficient (Wildman–Crippen LogP) is 4.86. The summed E-state index contributed by atoms with van der Waals surface area (Å²) in [7, 11) is 1.32. The van der Waals surface area contributed by atoms with Crippen molar-refractivity contribution in [3.05, 3.63) is 73.2 Å². The van der Waals surface area contributed by atoms with Gasteiger partial charge in [0.2, 0.25) is 0 Å². The molecule has 0 amide bonds. The second kappa shape index (κ2) is 7.26. The van der Waals surface area contributed by atoms with Gasteiger partial charge >= 0.3 is 11.7 Å². The highest BCUT2D eigenvalue weighted by Crippen LogP contribution is 2.34. The van der Waals surface area contributed by atoms with Gasteiger partial charge in [-0.15, -0.1) is 0 Å². The third-order valence-electron chi connectivity index (χ3n) is 3.02. The Morgan fingerprint density at radius 3 is 2.09 bits per heavy atom. The van der Waals surface area contributed by atoms with Gasteiger partial charge in [-0.25, -0.2) is 4.79 Å². The quantitative estimate of drug-likeness (QED) is 0.341. The van der Waals surface area contributed by atoms with E-state index in [1.165, 1.54) is 19.2 Å². The summed E-state index contributed by atoms with van der Waals surface area (Å²) in [5.41, 5.74) is 1.60. The molecule has 0 N–H and O–H groups in total. The molecule has 0 fully saturated rings. The molecular formula is C16H11Cl2NO4. The molecule has 2 aromatic rings. The molecule has 0 unspecified atom stereocenters. The molecule has 5 nitrogen and oxygen atoms in total. The van der Waals surface area contributed by atoms with Gasteiger partial charge in [-0.2, -0.15) is 0 Å². The van der Waals surface area contributed by atoms with E-state index in [9.17, 15) is 14.9 Å². The number of carbonyl (C=O) groups is 1. The summed E-state index contributed by atoms with van der Waals surface area (Å²) in [5, 5.41) is 10.8. The van der Waals surface area contributed by atoms with Crippen LogP contribution in [0, 0.1) is 10.1 Å². The standard InChI is InChI=1S/C16H11Cl2NO4/c1-23-16(20)12-6-4-10(5-7-12)2-3-11-8-13(17)15(19(21)22)14(18)9-11/h2-9H,1H3. The van der Waals surface area contributed by atoms with E-state index in [-0.39, 0.29) is 15.7 Å². The monoisotopic (exact) mass is 351 g/mol. The maximum atomic E-state index is 11.3. The molecule has 0 radical (unpaired) electrons. The van der Waals surface area contributed by atoms with Gasteiger partial charge in [0.25, 0.3) is 0 Å². The Morgan fingerprint density at radius 1 is 1.09 bits per heavy atom. The smallest absolute Gasteiger partial charge is 0.337 e. The average molecular weight is 352 g/mol. The van der Waals surface area contributed by atoms with Gasteiger partial charge in [-0.3, -0.25) is 10.1 Å². The Morgan fingerprint density at radius 2 is 1.61 bits per heavy atom. The van der Waals surface area contributed by atoms with Crippen LogP contribution in [0.5, 0.6) is 0 Å². The minimum absolute atomic E-state index is 0.0248. The molecule has 0 heterocycles. The van der Waals surface area contributed by atoms with E-state index in [1.807, 2.05) is 0 Å². The highest BCUT2D eigenvalue weighted by atomic mass is 35.5. The molecule has 0 aromatic heterocycles. The number of halogens is 2. The Hall–Kier alpha value is -2.37. The van der Waals surface area contributed by atoms with Crippen molar-refractivity contribution < 1.29 is 14.5 Å². The maximum absolute atomic E-state index is 11.3. The first-order chi connectivity index (χ1) is 10.9. The molecule has 2 aromatic carbocycles. The first kappa shape index (κ1) is 17.0. The van der Waals surface area contributed by atoms with Crippen molar-refractivity contribution in [1.82, 2.24) is 0 Å². The van der Waals surface area contributed by atoms with Crippen LogP contribution >= 0.6 is 23.2 Å². The minimum Gasteiger partial charge on any atom is -0.465 e. The zero-order chi connectivity index (χ0) is 17.0. The molecule has 2 rings (SSSR count). The molecular weight excluding hydrogens is 341 g/mol. The second-order valence-electron chi connectivity index (χ2n) is 4.54. The van der Waals surface area contributed by atoms with Crippen molar-refractivity contribution >= 4 is 47.0 Å². The highest BCUT2D eigenvalue weighted by molar-refractivity contribution is 6.38. The molecule has 0 bridgehead atoms. The molecule has 0 saturated carbocycles. The number of nitro benzene ring substituents is 1. The summed E-state index contributed by atoms with van der Waals surface area (Å²) in [4.78, 5) is 21.5.